The van der Waals surface area contributed by atoms with Crippen molar-refractivity contribution < 1.29 is 4.79 Å². The van der Waals surface area contributed by atoms with E-state index in [0.717, 1.165) is 5.56 Å². The smallest absolute Gasteiger partial charge is 0.223 e. The molecule has 0 atom stereocenters. The van der Waals surface area contributed by atoms with E-state index >= 15 is 0 Å². The van der Waals surface area contributed by atoms with Gasteiger partial charge in [-0.1, -0.05) is 44.0 Å². The van der Waals surface area contributed by atoms with Crippen molar-refractivity contribution in [3.8, 4) is 0 Å². The van der Waals surface area contributed by atoms with Crippen LogP contribution in [0.25, 0.3) is 0 Å². The van der Waals surface area contributed by atoms with Crippen LogP contribution in [0.4, 0.5) is 0 Å². The first kappa shape index (κ1) is 8.06. The molecule has 0 spiro atoms. The molecule has 1 aromatic rings. The summed E-state index contributed by atoms with van der Waals surface area (Å²) in [6.45, 7) is 3.92. The van der Waals surface area contributed by atoms with Gasteiger partial charge in [-0.15, -0.1) is 0 Å². The van der Waals surface area contributed by atoms with E-state index in [9.17, 15) is 4.79 Å². The Balaban J connectivity index is 2.86. The second-order valence-electron chi connectivity index (χ2n) is 2.88. The minimum Gasteiger partial charge on any atom is -0.306 e. The van der Waals surface area contributed by atoms with Crippen molar-refractivity contribution in [2.75, 3.05) is 0 Å². The van der Waals surface area contributed by atoms with Crippen LogP contribution in [0, 0.1) is 0 Å². The molecule has 0 aliphatic rings. The summed E-state index contributed by atoms with van der Waals surface area (Å²) in [5.74, 6) is 0. The van der Waals surface area contributed by atoms with Crippen molar-refractivity contribution in [3.63, 3.8) is 0 Å². The largest absolute Gasteiger partial charge is 0.306 e. The average molecular weight is 146 g/mol. The standard InChI is InChI=1S/C9H11BO/c1-10(2)9(11)8-6-4-3-5-7-8/h3-7H,1-2H3. The number of hydrogen-bond acceptors (Lipinski definition) is 1. The lowest BCUT2D eigenvalue weighted by molar-refractivity contribution is 0.107. The molecule has 1 aromatic carbocycles. The maximum absolute atomic E-state index is 11.3. The molecule has 0 aliphatic heterocycles. The molecule has 0 aliphatic carbocycles. The van der Waals surface area contributed by atoms with Crippen LogP contribution >= 0.6 is 0 Å². The fourth-order valence-corrected chi connectivity index (χ4v) is 0.936. The molecule has 56 valence electrons. The number of hydrogen-bond donors (Lipinski definition) is 0. The van der Waals surface area contributed by atoms with Crippen molar-refractivity contribution in [3.05, 3.63) is 35.9 Å². The third kappa shape index (κ3) is 1.94. The van der Waals surface area contributed by atoms with Crippen LogP contribution in [0.3, 0.4) is 0 Å². The van der Waals surface area contributed by atoms with E-state index in [2.05, 4.69) is 0 Å². The summed E-state index contributed by atoms with van der Waals surface area (Å²) in [5, 5.41) is 0. The molecule has 0 saturated heterocycles. The molecule has 0 fully saturated rings. The predicted molar refractivity (Wildman–Crippen MR) is 48.3 cm³/mol. The first-order valence-corrected chi connectivity index (χ1v) is 3.81. The molecule has 2 heteroatoms. The highest BCUT2D eigenvalue weighted by Gasteiger charge is 2.11. The summed E-state index contributed by atoms with van der Waals surface area (Å²) < 4.78 is 0. The third-order valence-corrected chi connectivity index (χ3v) is 1.58. The zero-order chi connectivity index (χ0) is 8.27. The molecule has 0 amide bonds. The van der Waals surface area contributed by atoms with Crippen LogP contribution in [0.2, 0.25) is 13.6 Å². The molecule has 0 bridgehead atoms. The number of rotatable bonds is 2. The van der Waals surface area contributed by atoms with E-state index in [-0.39, 0.29) is 12.4 Å². The monoisotopic (exact) mass is 146 g/mol. The molecule has 0 radical (unpaired) electrons. The highest BCUT2D eigenvalue weighted by Crippen LogP contribution is 2.01. The molecular formula is C9H11BO. The van der Waals surface area contributed by atoms with Crippen LogP contribution in [-0.4, -0.2) is 12.4 Å². The number of carbonyl (C=O) groups excluding carboxylic acids is 1. The maximum Gasteiger partial charge on any atom is 0.223 e. The van der Waals surface area contributed by atoms with Crippen molar-refractivity contribution >= 4 is 12.4 Å². The van der Waals surface area contributed by atoms with Gasteiger partial charge in [-0.05, 0) is 0 Å². The lowest BCUT2D eigenvalue weighted by atomic mass is 9.50. The zero-order valence-corrected chi connectivity index (χ0v) is 6.87. The summed E-state index contributed by atoms with van der Waals surface area (Å²) in [6, 6.07) is 9.38. The van der Waals surface area contributed by atoms with Crippen LogP contribution in [0.1, 0.15) is 10.4 Å². The Morgan fingerprint density at radius 1 is 1.18 bits per heavy atom. The first-order chi connectivity index (χ1) is 5.22. The van der Waals surface area contributed by atoms with Crippen molar-refractivity contribution in [1.29, 1.82) is 0 Å². The van der Waals surface area contributed by atoms with Crippen molar-refractivity contribution in [1.82, 2.24) is 0 Å². The van der Waals surface area contributed by atoms with Gasteiger partial charge in [-0.3, -0.25) is 0 Å². The lowest BCUT2D eigenvalue weighted by Crippen LogP contribution is -2.17. The van der Waals surface area contributed by atoms with E-state index in [1.54, 1.807) is 0 Å². The molecule has 0 aromatic heterocycles. The third-order valence-electron chi connectivity index (χ3n) is 1.58. The van der Waals surface area contributed by atoms with Crippen LogP contribution in [0.5, 0.6) is 0 Å². The Labute approximate surface area is 67.5 Å². The average Bonchev–Trinajstić information content (AvgIpc) is 2.05. The fraction of sp³-hybridized carbons (Fsp3) is 0.222. The van der Waals surface area contributed by atoms with Gasteiger partial charge in [0.2, 0.25) is 6.71 Å². The van der Waals surface area contributed by atoms with Gasteiger partial charge in [0.1, 0.15) is 5.68 Å². The van der Waals surface area contributed by atoms with Gasteiger partial charge < -0.3 is 4.79 Å². The Bertz CT molecular complexity index is 241. The van der Waals surface area contributed by atoms with Gasteiger partial charge in [-0.25, -0.2) is 0 Å². The van der Waals surface area contributed by atoms with Crippen molar-refractivity contribution in [2.45, 2.75) is 13.6 Å². The normalized spacial score (nSPS) is 9.27. The van der Waals surface area contributed by atoms with Crippen molar-refractivity contribution in [2.24, 2.45) is 0 Å². The van der Waals surface area contributed by atoms with Gasteiger partial charge in [-0.2, -0.15) is 0 Å². The number of benzene rings is 1. The highest BCUT2D eigenvalue weighted by molar-refractivity contribution is 6.90. The second kappa shape index (κ2) is 3.38. The molecule has 0 N–H and O–H groups in total. The first-order valence-electron chi connectivity index (χ1n) is 3.81. The maximum atomic E-state index is 11.3. The summed E-state index contributed by atoms with van der Waals surface area (Å²) >= 11 is 0. The van der Waals surface area contributed by atoms with E-state index in [4.69, 9.17) is 0 Å². The Kier molecular flexibility index (Phi) is 2.47. The van der Waals surface area contributed by atoms with Gasteiger partial charge in [0.25, 0.3) is 0 Å². The summed E-state index contributed by atoms with van der Waals surface area (Å²) in [7, 11) is 0. The van der Waals surface area contributed by atoms with E-state index in [1.807, 2.05) is 44.0 Å². The highest BCUT2D eigenvalue weighted by atomic mass is 16.1. The van der Waals surface area contributed by atoms with Crippen LogP contribution < -0.4 is 0 Å². The van der Waals surface area contributed by atoms with Crippen LogP contribution in [-0.2, 0) is 0 Å². The molecule has 1 nitrogen and oxygen atoms in total. The predicted octanol–water partition coefficient (Wildman–Crippen LogP) is 2.16. The summed E-state index contributed by atoms with van der Waals surface area (Å²) in [6.07, 6.45) is 0. The molecule has 0 heterocycles. The van der Waals surface area contributed by atoms with E-state index in [0.29, 0.717) is 0 Å². The van der Waals surface area contributed by atoms with Gasteiger partial charge in [0.15, 0.2) is 0 Å². The van der Waals surface area contributed by atoms with E-state index < -0.39 is 0 Å². The lowest BCUT2D eigenvalue weighted by Gasteiger charge is -1.99. The molecule has 11 heavy (non-hydrogen) atoms. The Morgan fingerprint density at radius 3 is 2.18 bits per heavy atom. The molecule has 0 unspecified atom stereocenters. The Morgan fingerprint density at radius 2 is 1.73 bits per heavy atom. The van der Waals surface area contributed by atoms with Crippen LogP contribution in [0.15, 0.2) is 30.3 Å². The second-order valence-corrected chi connectivity index (χ2v) is 2.88. The quantitative estimate of drug-likeness (QED) is 0.584. The molecule has 1 rings (SSSR count). The SMILES string of the molecule is CB(C)C(=O)c1ccccc1. The molecule has 0 saturated carbocycles. The minimum absolute atomic E-state index is 0.0948. The van der Waals surface area contributed by atoms with E-state index in [1.165, 1.54) is 0 Å². The Hall–Kier alpha value is -1.05. The molecular weight excluding hydrogens is 135 g/mol. The minimum atomic E-state index is 0.0948. The van der Waals surface area contributed by atoms with Gasteiger partial charge in [0.05, 0.1) is 0 Å². The summed E-state index contributed by atoms with van der Waals surface area (Å²) in [5.41, 5.74) is 1.02. The topological polar surface area (TPSA) is 17.1 Å². The zero-order valence-electron chi connectivity index (χ0n) is 6.87. The van der Waals surface area contributed by atoms with Gasteiger partial charge >= 0.3 is 0 Å². The summed E-state index contributed by atoms with van der Waals surface area (Å²) in [4.78, 5) is 11.3. The number of carbonyl (C=O) groups is 1. The fourth-order valence-electron chi connectivity index (χ4n) is 0.936. The van der Waals surface area contributed by atoms with Gasteiger partial charge in [0, 0.05) is 5.56 Å².